The highest BCUT2D eigenvalue weighted by atomic mass is 19.1. The first-order valence-electron chi connectivity index (χ1n) is 14.9. The summed E-state index contributed by atoms with van der Waals surface area (Å²) in [6, 6.07) is 21.4. The first-order valence-corrected chi connectivity index (χ1v) is 14.9. The number of ketones is 2. The van der Waals surface area contributed by atoms with Crippen molar-refractivity contribution in [2.75, 3.05) is 13.7 Å². The molecule has 0 atom stereocenters. The van der Waals surface area contributed by atoms with Gasteiger partial charge in [0.1, 0.15) is 28.7 Å². The average Bonchev–Trinajstić information content (AvgIpc) is 3.75. The molecule has 3 N–H and O–H groups in total. The zero-order chi connectivity index (χ0) is 32.3. The predicted octanol–water partition coefficient (Wildman–Crippen LogP) is 5.88. The number of halogens is 1. The number of phenols is 1. The molecule has 46 heavy (non-hydrogen) atoms. The van der Waals surface area contributed by atoms with Crippen LogP contribution in [0.1, 0.15) is 40.0 Å². The van der Waals surface area contributed by atoms with Gasteiger partial charge in [0, 0.05) is 25.6 Å². The van der Waals surface area contributed by atoms with Gasteiger partial charge in [-0.15, -0.1) is 0 Å². The number of methoxy groups -OCH3 is 1. The monoisotopic (exact) mass is 621 g/mol. The molecule has 9 nitrogen and oxygen atoms in total. The number of benzene rings is 3. The SMILES string of the molecule is COc1ccc(CCNC(=O)c2cc3c(Oc4ccc(CC(=O)C5(C(=O)Cc6ccc(F)cc6)CC5)cc4)ccnc3[nH]2)cc1O. The van der Waals surface area contributed by atoms with Crippen molar-refractivity contribution in [3.63, 3.8) is 0 Å². The van der Waals surface area contributed by atoms with E-state index in [0.717, 1.165) is 11.1 Å². The Balaban J connectivity index is 1.05. The van der Waals surface area contributed by atoms with Crippen molar-refractivity contribution in [1.29, 1.82) is 0 Å². The number of nitrogens with zero attached hydrogens (tertiary/aromatic N) is 1. The Morgan fingerprint density at radius 3 is 2.17 bits per heavy atom. The highest BCUT2D eigenvalue weighted by Gasteiger charge is 2.54. The van der Waals surface area contributed by atoms with Gasteiger partial charge in [-0.2, -0.15) is 0 Å². The predicted molar refractivity (Wildman–Crippen MR) is 169 cm³/mol. The fraction of sp³-hybridized carbons (Fsp3) is 0.222. The van der Waals surface area contributed by atoms with Crippen molar-refractivity contribution >= 4 is 28.5 Å². The number of carbonyl (C=O) groups excluding carboxylic acids is 3. The summed E-state index contributed by atoms with van der Waals surface area (Å²) in [5, 5.41) is 13.5. The molecule has 0 radical (unpaired) electrons. The number of ether oxygens (including phenoxy) is 2. The third-order valence-corrected chi connectivity index (χ3v) is 8.29. The van der Waals surface area contributed by atoms with Crippen LogP contribution in [0.2, 0.25) is 0 Å². The molecule has 0 bridgehead atoms. The molecule has 0 unspecified atom stereocenters. The van der Waals surface area contributed by atoms with E-state index >= 15 is 0 Å². The summed E-state index contributed by atoms with van der Waals surface area (Å²) in [5.74, 6) is 0.566. The van der Waals surface area contributed by atoms with Gasteiger partial charge in [0.2, 0.25) is 0 Å². The van der Waals surface area contributed by atoms with Crippen molar-refractivity contribution in [3.8, 4) is 23.0 Å². The first-order chi connectivity index (χ1) is 22.2. The van der Waals surface area contributed by atoms with Crippen LogP contribution < -0.4 is 14.8 Å². The van der Waals surface area contributed by atoms with Crippen LogP contribution in [-0.2, 0) is 28.9 Å². The van der Waals surface area contributed by atoms with Crippen molar-refractivity contribution in [1.82, 2.24) is 15.3 Å². The van der Waals surface area contributed by atoms with Crippen molar-refractivity contribution in [2.45, 2.75) is 32.1 Å². The fourth-order valence-corrected chi connectivity index (χ4v) is 5.47. The number of amides is 1. The molecule has 5 aromatic rings. The molecule has 1 fully saturated rings. The van der Waals surface area contributed by atoms with Crippen LogP contribution in [0.3, 0.4) is 0 Å². The summed E-state index contributed by atoms with van der Waals surface area (Å²) in [5.41, 5.74) is 2.18. The van der Waals surface area contributed by atoms with E-state index in [0.29, 0.717) is 65.3 Å². The Morgan fingerprint density at radius 2 is 1.54 bits per heavy atom. The number of pyridine rings is 1. The van der Waals surface area contributed by atoms with Gasteiger partial charge in [0.15, 0.2) is 23.1 Å². The standard InChI is InChI=1S/C36H32FN3O6/c1-45-31-11-6-24(18-29(31)41)12-16-39-35(44)28-21-27-30(13-17-38-34(27)40-28)46-26-9-4-23(5-10-26)20-33(43)36(14-15-36)32(42)19-22-2-7-25(37)8-3-22/h2-11,13,17-18,21,41H,12,14-16,19-20H2,1H3,(H,38,40)(H,39,44). The van der Waals surface area contributed by atoms with Crippen LogP contribution in [0, 0.1) is 11.2 Å². The Bertz CT molecular complexity index is 1910. The highest BCUT2D eigenvalue weighted by molar-refractivity contribution is 6.11. The molecule has 1 aliphatic rings. The lowest BCUT2D eigenvalue weighted by atomic mass is 9.88. The summed E-state index contributed by atoms with van der Waals surface area (Å²) >= 11 is 0. The number of Topliss-reactive ketones (excluding diaryl/α,β-unsaturated/α-hetero) is 2. The molecular formula is C36H32FN3O6. The number of carbonyl (C=O) groups is 3. The maximum absolute atomic E-state index is 13.2. The number of H-pyrrole nitrogens is 1. The van der Waals surface area contributed by atoms with Crippen LogP contribution >= 0.6 is 0 Å². The number of rotatable bonds is 13. The van der Waals surface area contributed by atoms with Crippen LogP contribution in [-0.4, -0.2) is 46.2 Å². The number of phenolic OH excluding ortho intramolecular Hbond substituents is 1. The van der Waals surface area contributed by atoms with Gasteiger partial charge >= 0.3 is 0 Å². The lowest BCUT2D eigenvalue weighted by Gasteiger charge is -2.13. The average molecular weight is 622 g/mol. The Labute approximate surface area is 264 Å². The van der Waals surface area contributed by atoms with E-state index in [1.165, 1.54) is 19.2 Å². The second kappa shape index (κ2) is 12.8. The van der Waals surface area contributed by atoms with Crippen LogP contribution in [0.5, 0.6) is 23.0 Å². The minimum Gasteiger partial charge on any atom is -0.504 e. The normalized spacial score (nSPS) is 13.3. The second-order valence-electron chi connectivity index (χ2n) is 11.4. The van der Waals surface area contributed by atoms with E-state index in [2.05, 4.69) is 15.3 Å². The molecule has 1 amide bonds. The topological polar surface area (TPSA) is 131 Å². The van der Waals surface area contributed by atoms with E-state index < -0.39 is 5.41 Å². The summed E-state index contributed by atoms with van der Waals surface area (Å²) in [6.45, 7) is 0.356. The molecule has 0 aliphatic heterocycles. The number of fused-ring (bicyclic) bond motifs is 1. The molecule has 6 rings (SSSR count). The maximum Gasteiger partial charge on any atom is 0.267 e. The Hall–Kier alpha value is -5.51. The number of hydrogen-bond donors (Lipinski definition) is 3. The summed E-state index contributed by atoms with van der Waals surface area (Å²) in [7, 11) is 1.48. The Morgan fingerprint density at radius 1 is 0.891 bits per heavy atom. The van der Waals surface area contributed by atoms with E-state index in [4.69, 9.17) is 9.47 Å². The highest BCUT2D eigenvalue weighted by Crippen LogP contribution is 2.49. The first kappa shape index (κ1) is 30.5. The second-order valence-corrected chi connectivity index (χ2v) is 11.4. The number of nitrogens with one attached hydrogen (secondary N) is 2. The fourth-order valence-electron chi connectivity index (χ4n) is 5.47. The van der Waals surface area contributed by atoms with Gasteiger partial charge in [0.25, 0.3) is 5.91 Å². The minimum atomic E-state index is -0.955. The maximum atomic E-state index is 13.2. The van der Waals surface area contributed by atoms with Crippen molar-refractivity contribution < 1.29 is 33.4 Å². The molecule has 1 aliphatic carbocycles. The van der Waals surface area contributed by atoms with Gasteiger partial charge < -0.3 is 24.9 Å². The summed E-state index contributed by atoms with van der Waals surface area (Å²) in [4.78, 5) is 46.4. The summed E-state index contributed by atoms with van der Waals surface area (Å²) < 4.78 is 24.4. The number of hydrogen-bond acceptors (Lipinski definition) is 7. The third kappa shape index (κ3) is 6.61. The van der Waals surface area contributed by atoms with Crippen LogP contribution in [0.4, 0.5) is 4.39 Å². The smallest absolute Gasteiger partial charge is 0.267 e. The minimum absolute atomic E-state index is 0.0433. The van der Waals surface area contributed by atoms with E-state index in [9.17, 15) is 23.9 Å². The quantitative estimate of drug-likeness (QED) is 0.140. The zero-order valence-corrected chi connectivity index (χ0v) is 25.1. The molecule has 1 saturated carbocycles. The molecule has 3 aromatic carbocycles. The third-order valence-electron chi connectivity index (χ3n) is 8.29. The lowest BCUT2D eigenvalue weighted by molar-refractivity contribution is -0.133. The molecule has 2 heterocycles. The van der Waals surface area contributed by atoms with Gasteiger partial charge in [-0.1, -0.05) is 30.3 Å². The molecular weight excluding hydrogens is 589 g/mol. The molecule has 0 saturated heterocycles. The van der Waals surface area contributed by atoms with Gasteiger partial charge in [-0.25, -0.2) is 9.37 Å². The molecule has 0 spiro atoms. The molecule has 10 heteroatoms. The van der Waals surface area contributed by atoms with E-state index in [1.807, 2.05) is 6.07 Å². The number of aromatic nitrogens is 2. The molecule has 2 aromatic heterocycles. The largest absolute Gasteiger partial charge is 0.504 e. The van der Waals surface area contributed by atoms with E-state index in [1.54, 1.807) is 66.9 Å². The van der Waals surface area contributed by atoms with Crippen molar-refractivity contribution in [3.05, 3.63) is 113 Å². The van der Waals surface area contributed by atoms with Crippen LogP contribution in [0.15, 0.2) is 85.1 Å². The van der Waals surface area contributed by atoms with Crippen molar-refractivity contribution in [2.24, 2.45) is 5.41 Å². The number of aromatic amines is 1. The zero-order valence-electron chi connectivity index (χ0n) is 25.1. The van der Waals surface area contributed by atoms with Gasteiger partial charge in [-0.05, 0) is 84.5 Å². The van der Waals surface area contributed by atoms with E-state index in [-0.39, 0.29) is 41.9 Å². The van der Waals surface area contributed by atoms with Crippen LogP contribution in [0.25, 0.3) is 11.0 Å². The summed E-state index contributed by atoms with van der Waals surface area (Å²) in [6.07, 6.45) is 3.41. The lowest BCUT2D eigenvalue weighted by Crippen LogP contribution is -2.28. The Kier molecular flexibility index (Phi) is 8.52. The number of aromatic hydroxyl groups is 1. The molecule has 234 valence electrons. The van der Waals surface area contributed by atoms with Gasteiger partial charge in [-0.3, -0.25) is 14.4 Å². The van der Waals surface area contributed by atoms with Gasteiger partial charge in [0.05, 0.1) is 17.9 Å².